The van der Waals surface area contributed by atoms with Crippen LogP contribution in [0.4, 0.5) is 18.0 Å². The van der Waals surface area contributed by atoms with Crippen LogP contribution < -0.4 is 4.74 Å². The first-order chi connectivity index (χ1) is 9.05. The standard InChI is InChI=1S/C13H14F3NO3/c1-12(2,3)20-11(18)17-8-9-4-6-10(7-5-9)19-13(14,15)16/h4-8H,1-3H3/b17-8+. The fourth-order valence-corrected chi connectivity index (χ4v) is 1.17. The zero-order valence-corrected chi connectivity index (χ0v) is 11.2. The summed E-state index contributed by atoms with van der Waals surface area (Å²) >= 11 is 0. The summed E-state index contributed by atoms with van der Waals surface area (Å²) in [5, 5.41) is 0. The number of carbonyl (C=O) groups is 1. The summed E-state index contributed by atoms with van der Waals surface area (Å²) in [7, 11) is 0. The lowest BCUT2D eigenvalue weighted by atomic mass is 10.2. The molecule has 0 atom stereocenters. The van der Waals surface area contributed by atoms with E-state index < -0.39 is 18.1 Å². The number of benzene rings is 1. The lowest BCUT2D eigenvalue weighted by Gasteiger charge is -2.17. The van der Waals surface area contributed by atoms with Crippen molar-refractivity contribution >= 4 is 12.3 Å². The molecule has 0 saturated carbocycles. The van der Waals surface area contributed by atoms with Crippen molar-refractivity contribution in [1.29, 1.82) is 0 Å². The Morgan fingerprint density at radius 2 is 1.70 bits per heavy atom. The van der Waals surface area contributed by atoms with Crippen LogP contribution in [-0.2, 0) is 4.74 Å². The van der Waals surface area contributed by atoms with Gasteiger partial charge in [-0.25, -0.2) is 4.79 Å². The Hall–Kier alpha value is -2.05. The molecular weight excluding hydrogens is 275 g/mol. The Labute approximate surface area is 114 Å². The molecule has 1 aromatic rings. The second kappa shape index (κ2) is 5.94. The molecule has 0 N–H and O–H groups in total. The summed E-state index contributed by atoms with van der Waals surface area (Å²) in [6.45, 7) is 5.09. The van der Waals surface area contributed by atoms with E-state index in [0.29, 0.717) is 5.56 Å². The van der Waals surface area contributed by atoms with Crippen molar-refractivity contribution in [3.63, 3.8) is 0 Å². The van der Waals surface area contributed by atoms with Crippen molar-refractivity contribution in [2.75, 3.05) is 0 Å². The molecule has 0 fully saturated rings. The summed E-state index contributed by atoms with van der Waals surface area (Å²) in [4.78, 5) is 14.8. The van der Waals surface area contributed by atoms with Crippen LogP contribution in [0.5, 0.6) is 5.75 Å². The average Bonchev–Trinajstić information content (AvgIpc) is 2.23. The largest absolute Gasteiger partial charge is 0.573 e. The average molecular weight is 289 g/mol. The van der Waals surface area contributed by atoms with E-state index in [4.69, 9.17) is 4.74 Å². The highest BCUT2D eigenvalue weighted by Crippen LogP contribution is 2.22. The van der Waals surface area contributed by atoms with Gasteiger partial charge in [0.2, 0.25) is 0 Å². The van der Waals surface area contributed by atoms with Crippen molar-refractivity contribution in [3.05, 3.63) is 29.8 Å². The smallest absolute Gasteiger partial charge is 0.442 e. The lowest BCUT2D eigenvalue weighted by molar-refractivity contribution is -0.274. The zero-order valence-electron chi connectivity index (χ0n) is 11.2. The molecule has 0 heterocycles. The summed E-state index contributed by atoms with van der Waals surface area (Å²) in [6.07, 6.45) is -4.30. The van der Waals surface area contributed by atoms with Gasteiger partial charge >= 0.3 is 12.5 Å². The van der Waals surface area contributed by atoms with Crippen LogP contribution in [-0.4, -0.2) is 24.3 Å². The van der Waals surface area contributed by atoms with Crippen LogP contribution in [0.1, 0.15) is 26.3 Å². The molecule has 0 unspecified atom stereocenters. The van der Waals surface area contributed by atoms with Gasteiger partial charge in [0.15, 0.2) is 0 Å². The van der Waals surface area contributed by atoms with E-state index in [1.807, 2.05) is 0 Å². The first-order valence-electron chi connectivity index (χ1n) is 5.68. The van der Waals surface area contributed by atoms with Gasteiger partial charge in [-0.05, 0) is 50.6 Å². The lowest BCUT2D eigenvalue weighted by Crippen LogP contribution is -2.21. The van der Waals surface area contributed by atoms with Gasteiger partial charge in [-0.2, -0.15) is 4.99 Å². The van der Waals surface area contributed by atoms with E-state index >= 15 is 0 Å². The molecule has 20 heavy (non-hydrogen) atoms. The van der Waals surface area contributed by atoms with Crippen LogP contribution in [0.15, 0.2) is 29.3 Å². The van der Waals surface area contributed by atoms with Gasteiger partial charge in [0.1, 0.15) is 11.4 Å². The molecule has 1 rings (SSSR count). The first kappa shape index (κ1) is 16.0. The summed E-state index contributed by atoms with van der Waals surface area (Å²) in [5.74, 6) is -0.341. The Morgan fingerprint density at radius 3 is 2.15 bits per heavy atom. The topological polar surface area (TPSA) is 47.9 Å². The highest BCUT2D eigenvalue weighted by molar-refractivity contribution is 5.89. The number of hydrogen-bond donors (Lipinski definition) is 0. The maximum Gasteiger partial charge on any atom is 0.573 e. The van der Waals surface area contributed by atoms with Crippen LogP contribution in [0.3, 0.4) is 0 Å². The maximum atomic E-state index is 11.9. The van der Waals surface area contributed by atoms with Gasteiger partial charge in [-0.3, -0.25) is 0 Å². The number of halogens is 3. The zero-order chi connectivity index (χ0) is 15.4. The predicted octanol–water partition coefficient (Wildman–Crippen LogP) is 3.94. The third-order valence-corrected chi connectivity index (χ3v) is 1.83. The fraction of sp³-hybridized carbons (Fsp3) is 0.385. The van der Waals surface area contributed by atoms with Crippen molar-refractivity contribution in [2.45, 2.75) is 32.7 Å². The number of amides is 1. The minimum absolute atomic E-state index is 0.341. The Balaban J connectivity index is 2.64. The number of alkyl halides is 3. The van der Waals surface area contributed by atoms with Crippen molar-refractivity contribution < 1.29 is 27.4 Å². The van der Waals surface area contributed by atoms with Gasteiger partial charge in [0.05, 0.1) is 0 Å². The van der Waals surface area contributed by atoms with E-state index in [1.54, 1.807) is 20.8 Å². The van der Waals surface area contributed by atoms with Crippen molar-refractivity contribution in [1.82, 2.24) is 0 Å². The van der Waals surface area contributed by atoms with Crippen LogP contribution in [0.25, 0.3) is 0 Å². The molecule has 0 spiro atoms. The minimum atomic E-state index is -4.73. The molecule has 1 amide bonds. The molecule has 0 radical (unpaired) electrons. The minimum Gasteiger partial charge on any atom is -0.442 e. The maximum absolute atomic E-state index is 11.9. The number of carbonyl (C=O) groups excluding carboxylic acids is 1. The summed E-state index contributed by atoms with van der Waals surface area (Å²) < 4.78 is 44.5. The van der Waals surface area contributed by atoms with Crippen LogP contribution in [0.2, 0.25) is 0 Å². The molecule has 0 saturated heterocycles. The van der Waals surface area contributed by atoms with Gasteiger partial charge in [-0.1, -0.05) is 0 Å². The SMILES string of the molecule is CC(C)(C)OC(=O)/N=C/c1ccc(OC(F)(F)F)cc1. The quantitative estimate of drug-likeness (QED) is 0.775. The fourth-order valence-electron chi connectivity index (χ4n) is 1.17. The molecule has 4 nitrogen and oxygen atoms in total. The molecule has 0 aliphatic rings. The van der Waals surface area contributed by atoms with E-state index in [0.717, 1.165) is 12.1 Å². The number of hydrogen-bond acceptors (Lipinski definition) is 3. The summed E-state index contributed by atoms with van der Waals surface area (Å²) in [6, 6.07) is 4.94. The van der Waals surface area contributed by atoms with Crippen molar-refractivity contribution in [2.24, 2.45) is 4.99 Å². The van der Waals surface area contributed by atoms with Crippen molar-refractivity contribution in [3.8, 4) is 5.75 Å². The molecule has 0 aliphatic heterocycles. The molecule has 0 bridgehead atoms. The Morgan fingerprint density at radius 1 is 1.15 bits per heavy atom. The molecular formula is C13H14F3NO3. The second-order valence-electron chi connectivity index (χ2n) is 4.86. The second-order valence-corrected chi connectivity index (χ2v) is 4.86. The van der Waals surface area contributed by atoms with Gasteiger partial charge < -0.3 is 9.47 Å². The van der Waals surface area contributed by atoms with Gasteiger partial charge in [0.25, 0.3) is 0 Å². The normalized spacial score (nSPS) is 12.5. The molecule has 7 heteroatoms. The molecule has 0 aromatic heterocycles. The predicted molar refractivity (Wildman–Crippen MR) is 67.0 cm³/mol. The highest BCUT2D eigenvalue weighted by Gasteiger charge is 2.30. The third-order valence-electron chi connectivity index (χ3n) is 1.83. The molecule has 1 aromatic carbocycles. The molecule has 110 valence electrons. The van der Waals surface area contributed by atoms with E-state index in [9.17, 15) is 18.0 Å². The van der Waals surface area contributed by atoms with Crippen LogP contribution >= 0.6 is 0 Å². The van der Waals surface area contributed by atoms with E-state index in [1.165, 1.54) is 18.3 Å². The van der Waals surface area contributed by atoms with E-state index in [-0.39, 0.29) is 5.75 Å². The van der Waals surface area contributed by atoms with Crippen LogP contribution in [0, 0.1) is 0 Å². The first-order valence-corrected chi connectivity index (χ1v) is 5.68. The third kappa shape index (κ3) is 6.77. The summed E-state index contributed by atoms with van der Waals surface area (Å²) in [5.41, 5.74) is -0.205. The number of nitrogens with zero attached hydrogens (tertiary/aromatic N) is 1. The number of ether oxygens (including phenoxy) is 2. The molecule has 0 aliphatic carbocycles. The Bertz CT molecular complexity index is 487. The highest BCUT2D eigenvalue weighted by atomic mass is 19.4. The van der Waals surface area contributed by atoms with Gasteiger partial charge in [-0.15, -0.1) is 13.2 Å². The monoisotopic (exact) mass is 289 g/mol. The number of aliphatic imine (C=N–C) groups is 1. The van der Waals surface area contributed by atoms with E-state index in [2.05, 4.69) is 9.73 Å². The number of rotatable bonds is 2. The van der Waals surface area contributed by atoms with Gasteiger partial charge in [0, 0.05) is 6.21 Å². The Kier molecular flexibility index (Phi) is 4.75.